The van der Waals surface area contributed by atoms with Gasteiger partial charge in [0.05, 0.1) is 17.8 Å². The van der Waals surface area contributed by atoms with Crippen LogP contribution in [-0.2, 0) is 5.79 Å². The van der Waals surface area contributed by atoms with E-state index in [1.165, 1.54) is 10.7 Å². The molecule has 0 saturated carbocycles. The van der Waals surface area contributed by atoms with Crippen molar-refractivity contribution in [2.45, 2.75) is 30.8 Å². The fraction of sp³-hybridized carbons (Fsp3) is 0.300. The molecule has 0 amide bonds. The molecule has 0 radical (unpaired) electrons. The summed E-state index contributed by atoms with van der Waals surface area (Å²) in [7, 11) is 0. The minimum absolute atomic E-state index is 0.120. The fourth-order valence-corrected chi connectivity index (χ4v) is 3.98. The second-order valence-electron chi connectivity index (χ2n) is 7.81. The molecule has 1 saturated heterocycles. The van der Waals surface area contributed by atoms with E-state index in [1.54, 1.807) is 17.2 Å². The summed E-state index contributed by atoms with van der Waals surface area (Å²) in [6.45, 7) is 0.515. The highest BCUT2D eigenvalue weighted by Crippen LogP contribution is 2.38. The van der Waals surface area contributed by atoms with Gasteiger partial charge in [0.15, 0.2) is 17.3 Å². The van der Waals surface area contributed by atoms with Gasteiger partial charge in [-0.15, -0.1) is 0 Å². The number of benzene rings is 1. The maximum Gasteiger partial charge on any atom is 0.451 e. The van der Waals surface area contributed by atoms with Crippen molar-refractivity contribution < 1.29 is 32.2 Å². The standard InChI is InChI=1S/C20H16F5N7O2/c21-10-3-4-13(22)11(8-10)14-2-1-6-31(14)15-5-7-32-17(27-15)12(9-26-32)16-28-18(30-29-16)19(33,34)20(23,24)25/h3-5,7-9,14,33-34H,1-2,6H2,(H,28,29,30)/t14-/m1/s1. The highest BCUT2D eigenvalue weighted by atomic mass is 19.4. The smallest absolute Gasteiger partial charge is 0.353 e. The van der Waals surface area contributed by atoms with Crippen LogP contribution in [0.3, 0.4) is 0 Å². The molecule has 0 aliphatic carbocycles. The Morgan fingerprint density at radius 1 is 1.09 bits per heavy atom. The monoisotopic (exact) mass is 481 g/mol. The molecule has 0 bridgehead atoms. The van der Waals surface area contributed by atoms with Crippen LogP contribution in [0.5, 0.6) is 0 Å². The Morgan fingerprint density at radius 2 is 1.88 bits per heavy atom. The van der Waals surface area contributed by atoms with Crippen molar-refractivity contribution in [2.75, 3.05) is 11.4 Å². The Morgan fingerprint density at radius 3 is 2.65 bits per heavy atom. The number of nitrogens with zero attached hydrogens (tertiary/aromatic N) is 6. The normalized spacial score (nSPS) is 17.1. The van der Waals surface area contributed by atoms with Crippen LogP contribution in [0.1, 0.15) is 30.3 Å². The molecule has 1 aliphatic heterocycles. The van der Waals surface area contributed by atoms with Gasteiger partial charge in [0, 0.05) is 18.3 Å². The number of anilines is 1. The fourth-order valence-electron chi connectivity index (χ4n) is 3.98. The SMILES string of the molecule is OC(O)(c1nc(-c2cnn3ccc(N4CCC[C@@H]4c4cc(F)ccc4F)nc23)n[nH]1)C(F)(F)F. The first-order valence-corrected chi connectivity index (χ1v) is 10.1. The number of hydrogen-bond donors (Lipinski definition) is 3. The first-order chi connectivity index (χ1) is 16.1. The van der Waals surface area contributed by atoms with Crippen molar-refractivity contribution in [1.29, 1.82) is 0 Å². The van der Waals surface area contributed by atoms with E-state index >= 15 is 0 Å². The number of alkyl halides is 3. The molecule has 0 unspecified atom stereocenters. The topological polar surface area (TPSA) is 115 Å². The second-order valence-corrected chi connectivity index (χ2v) is 7.81. The molecule has 14 heteroatoms. The van der Waals surface area contributed by atoms with E-state index < -0.39 is 35.5 Å². The van der Waals surface area contributed by atoms with Crippen molar-refractivity contribution in [3.05, 3.63) is 59.7 Å². The summed E-state index contributed by atoms with van der Waals surface area (Å²) in [4.78, 5) is 9.88. The Balaban J connectivity index is 1.53. The van der Waals surface area contributed by atoms with E-state index in [-0.39, 0.29) is 22.6 Å². The van der Waals surface area contributed by atoms with Gasteiger partial charge in [-0.2, -0.15) is 23.4 Å². The summed E-state index contributed by atoms with van der Waals surface area (Å²) < 4.78 is 68.2. The van der Waals surface area contributed by atoms with Gasteiger partial charge in [0.2, 0.25) is 0 Å². The Labute approximate surface area is 187 Å². The van der Waals surface area contributed by atoms with Crippen molar-refractivity contribution in [1.82, 2.24) is 29.8 Å². The van der Waals surface area contributed by atoms with Crippen LogP contribution in [0.25, 0.3) is 17.0 Å². The zero-order chi connectivity index (χ0) is 24.3. The molecule has 3 N–H and O–H groups in total. The summed E-state index contributed by atoms with van der Waals surface area (Å²) >= 11 is 0. The van der Waals surface area contributed by atoms with Crippen LogP contribution in [-0.4, -0.2) is 52.7 Å². The van der Waals surface area contributed by atoms with Crippen molar-refractivity contribution in [3.8, 4) is 11.4 Å². The van der Waals surface area contributed by atoms with Crippen molar-refractivity contribution >= 4 is 11.5 Å². The number of aromatic amines is 1. The molecule has 34 heavy (non-hydrogen) atoms. The van der Waals surface area contributed by atoms with Gasteiger partial charge in [-0.3, -0.25) is 5.10 Å². The van der Waals surface area contributed by atoms with Gasteiger partial charge in [-0.05, 0) is 37.1 Å². The lowest BCUT2D eigenvalue weighted by Crippen LogP contribution is -2.43. The highest BCUT2D eigenvalue weighted by Gasteiger charge is 2.57. The predicted octanol–water partition coefficient (Wildman–Crippen LogP) is 2.83. The van der Waals surface area contributed by atoms with Gasteiger partial charge in [0.1, 0.15) is 17.5 Å². The largest absolute Gasteiger partial charge is 0.451 e. The maximum atomic E-state index is 14.4. The molecule has 1 fully saturated rings. The molecule has 5 rings (SSSR count). The molecule has 9 nitrogen and oxygen atoms in total. The summed E-state index contributed by atoms with van der Waals surface area (Å²) in [5, 5.41) is 28.4. The third kappa shape index (κ3) is 3.54. The second kappa shape index (κ2) is 7.70. The van der Waals surface area contributed by atoms with Gasteiger partial charge >= 0.3 is 12.0 Å². The average molecular weight is 481 g/mol. The van der Waals surface area contributed by atoms with Crippen LogP contribution in [0.4, 0.5) is 27.8 Å². The zero-order valence-electron chi connectivity index (χ0n) is 17.1. The number of H-pyrrole nitrogens is 1. The van der Waals surface area contributed by atoms with Gasteiger partial charge in [-0.1, -0.05) is 0 Å². The number of rotatable bonds is 4. The van der Waals surface area contributed by atoms with E-state index in [9.17, 15) is 32.2 Å². The van der Waals surface area contributed by atoms with Crippen molar-refractivity contribution in [2.24, 2.45) is 0 Å². The summed E-state index contributed by atoms with van der Waals surface area (Å²) in [5.74, 6) is -6.43. The molecule has 1 atom stereocenters. The van der Waals surface area contributed by atoms with Gasteiger partial charge in [0.25, 0.3) is 0 Å². The van der Waals surface area contributed by atoms with E-state index in [0.717, 1.165) is 18.2 Å². The van der Waals surface area contributed by atoms with Crippen molar-refractivity contribution in [3.63, 3.8) is 0 Å². The van der Waals surface area contributed by atoms with E-state index in [2.05, 4.69) is 20.2 Å². The molecule has 4 heterocycles. The number of fused-ring (bicyclic) bond motifs is 1. The highest BCUT2D eigenvalue weighted by molar-refractivity contribution is 5.73. The lowest BCUT2D eigenvalue weighted by atomic mass is 10.0. The van der Waals surface area contributed by atoms with Crippen LogP contribution in [0, 0.1) is 11.6 Å². The number of halogens is 5. The maximum absolute atomic E-state index is 14.4. The summed E-state index contributed by atoms with van der Waals surface area (Å²) in [6, 6.07) is 4.41. The van der Waals surface area contributed by atoms with Gasteiger partial charge < -0.3 is 15.1 Å². The van der Waals surface area contributed by atoms with E-state index in [4.69, 9.17) is 0 Å². The first-order valence-electron chi connectivity index (χ1n) is 10.1. The van der Waals surface area contributed by atoms with E-state index in [0.29, 0.717) is 25.2 Å². The molecular formula is C20H16F5N7O2. The number of aromatic nitrogens is 6. The molecular weight excluding hydrogens is 465 g/mol. The summed E-state index contributed by atoms with van der Waals surface area (Å²) in [5.41, 5.74) is 0.484. The Kier molecular flexibility index (Phi) is 5.02. The minimum atomic E-state index is -5.41. The van der Waals surface area contributed by atoms with Crippen LogP contribution < -0.4 is 4.90 Å². The van der Waals surface area contributed by atoms with Crippen LogP contribution in [0.15, 0.2) is 36.7 Å². The quantitative estimate of drug-likeness (QED) is 0.303. The molecule has 3 aromatic heterocycles. The third-order valence-electron chi connectivity index (χ3n) is 5.67. The molecule has 1 aromatic carbocycles. The molecule has 178 valence electrons. The Hall–Kier alpha value is -3.65. The summed E-state index contributed by atoms with van der Waals surface area (Å²) in [6.07, 6.45) is -1.33. The predicted molar refractivity (Wildman–Crippen MR) is 106 cm³/mol. The lowest BCUT2D eigenvalue weighted by molar-refractivity contribution is -0.361. The average Bonchev–Trinajstić information content (AvgIpc) is 3.53. The van der Waals surface area contributed by atoms with Gasteiger partial charge in [-0.25, -0.2) is 23.3 Å². The molecule has 0 spiro atoms. The molecule has 4 aromatic rings. The van der Waals surface area contributed by atoms with E-state index in [1.807, 2.05) is 5.10 Å². The lowest BCUT2D eigenvalue weighted by Gasteiger charge is -2.26. The minimum Gasteiger partial charge on any atom is -0.353 e. The number of hydrogen-bond acceptors (Lipinski definition) is 7. The Bertz CT molecular complexity index is 1370. The number of nitrogens with one attached hydrogen (secondary N) is 1. The van der Waals surface area contributed by atoms with Crippen LogP contribution >= 0.6 is 0 Å². The third-order valence-corrected chi connectivity index (χ3v) is 5.67. The number of aliphatic hydroxyl groups is 2. The zero-order valence-corrected chi connectivity index (χ0v) is 17.1. The van der Waals surface area contributed by atoms with Crippen LogP contribution in [0.2, 0.25) is 0 Å². The molecule has 1 aliphatic rings. The first kappa shape index (κ1) is 22.2.